The highest BCUT2D eigenvalue weighted by molar-refractivity contribution is 7.89. The number of sulfonamides is 1. The molecule has 20 heavy (non-hydrogen) atoms. The first-order valence-corrected chi connectivity index (χ1v) is 7.99. The van der Waals surface area contributed by atoms with Gasteiger partial charge in [0.05, 0.1) is 12.7 Å². The molecular formula is C12H20N4O3S. The van der Waals surface area contributed by atoms with Crippen LogP contribution in [0.1, 0.15) is 20.3 Å². The summed E-state index contributed by atoms with van der Waals surface area (Å²) in [5.41, 5.74) is 2.34. The number of ether oxygens (including phenoxy) is 1. The van der Waals surface area contributed by atoms with E-state index in [4.69, 9.17) is 10.6 Å². The number of pyridine rings is 1. The quantitative estimate of drug-likeness (QED) is 0.623. The lowest BCUT2D eigenvalue weighted by atomic mass is 10.2. The second kappa shape index (κ2) is 6.04. The predicted octanol–water partition coefficient (Wildman–Crippen LogP) is 0.555. The van der Waals surface area contributed by atoms with Crippen molar-refractivity contribution < 1.29 is 13.2 Å². The zero-order valence-corrected chi connectivity index (χ0v) is 12.4. The van der Waals surface area contributed by atoms with Gasteiger partial charge in [-0.15, -0.1) is 0 Å². The van der Waals surface area contributed by atoms with Crippen molar-refractivity contribution in [2.45, 2.75) is 37.3 Å². The van der Waals surface area contributed by atoms with Crippen molar-refractivity contribution >= 4 is 15.8 Å². The first kappa shape index (κ1) is 15.2. The van der Waals surface area contributed by atoms with Crippen LogP contribution in [0.4, 0.5) is 5.82 Å². The van der Waals surface area contributed by atoms with Gasteiger partial charge in [0, 0.05) is 18.8 Å². The fourth-order valence-corrected chi connectivity index (χ4v) is 4.13. The van der Waals surface area contributed by atoms with Crippen LogP contribution in [0.5, 0.6) is 0 Å². The van der Waals surface area contributed by atoms with Crippen LogP contribution in [0.25, 0.3) is 0 Å². The molecule has 2 unspecified atom stereocenters. The third kappa shape index (κ3) is 2.78. The van der Waals surface area contributed by atoms with E-state index in [1.807, 2.05) is 13.8 Å². The van der Waals surface area contributed by atoms with E-state index >= 15 is 0 Å². The highest BCUT2D eigenvalue weighted by atomic mass is 32.2. The Morgan fingerprint density at radius 2 is 2.35 bits per heavy atom. The minimum Gasteiger partial charge on any atom is -0.375 e. The molecular weight excluding hydrogens is 280 g/mol. The average molecular weight is 300 g/mol. The number of anilines is 1. The van der Waals surface area contributed by atoms with E-state index in [2.05, 4.69) is 10.4 Å². The van der Waals surface area contributed by atoms with Gasteiger partial charge in [-0.25, -0.2) is 19.2 Å². The molecule has 3 N–H and O–H groups in total. The van der Waals surface area contributed by atoms with Gasteiger partial charge in [-0.3, -0.25) is 0 Å². The molecule has 1 aromatic rings. The third-order valence-electron chi connectivity index (χ3n) is 3.38. The third-order valence-corrected chi connectivity index (χ3v) is 5.33. The minimum absolute atomic E-state index is 0.0926. The summed E-state index contributed by atoms with van der Waals surface area (Å²) in [4.78, 5) is 4.05. The second-order valence-electron chi connectivity index (χ2n) is 4.78. The lowest BCUT2D eigenvalue weighted by molar-refractivity contribution is -0.0230. The molecule has 0 spiro atoms. The second-order valence-corrected chi connectivity index (χ2v) is 6.63. The number of aromatic nitrogens is 1. The molecule has 0 aromatic carbocycles. The van der Waals surface area contributed by atoms with Crippen LogP contribution < -0.4 is 11.3 Å². The van der Waals surface area contributed by atoms with Crippen LogP contribution in [0.3, 0.4) is 0 Å². The zero-order valence-electron chi connectivity index (χ0n) is 11.6. The van der Waals surface area contributed by atoms with Gasteiger partial charge in [-0.05, 0) is 25.5 Å². The van der Waals surface area contributed by atoms with E-state index in [1.165, 1.54) is 16.6 Å². The molecule has 2 rings (SSSR count). The Bertz CT molecular complexity index is 564. The molecule has 0 amide bonds. The van der Waals surface area contributed by atoms with Gasteiger partial charge in [0.25, 0.3) is 0 Å². The Hall–Kier alpha value is -1.22. The van der Waals surface area contributed by atoms with Crippen LogP contribution in [0.2, 0.25) is 0 Å². The van der Waals surface area contributed by atoms with Gasteiger partial charge >= 0.3 is 0 Å². The lowest BCUT2D eigenvalue weighted by Gasteiger charge is -2.37. The maximum Gasteiger partial charge on any atom is 0.247 e. The maximum absolute atomic E-state index is 12.8. The van der Waals surface area contributed by atoms with E-state index < -0.39 is 10.0 Å². The highest BCUT2D eigenvalue weighted by Gasteiger charge is 2.36. The lowest BCUT2D eigenvalue weighted by Crippen LogP contribution is -2.51. The Morgan fingerprint density at radius 3 is 3.00 bits per heavy atom. The smallest absolute Gasteiger partial charge is 0.247 e. The number of hydrogen-bond acceptors (Lipinski definition) is 6. The first-order valence-electron chi connectivity index (χ1n) is 6.55. The molecule has 0 bridgehead atoms. The average Bonchev–Trinajstić information content (AvgIpc) is 2.47. The molecule has 2 atom stereocenters. The van der Waals surface area contributed by atoms with Crippen molar-refractivity contribution in [2.24, 2.45) is 5.84 Å². The van der Waals surface area contributed by atoms with E-state index in [9.17, 15) is 8.42 Å². The summed E-state index contributed by atoms with van der Waals surface area (Å²) >= 11 is 0. The van der Waals surface area contributed by atoms with Crippen LogP contribution in [0.15, 0.2) is 23.2 Å². The summed E-state index contributed by atoms with van der Waals surface area (Å²) < 4.78 is 32.7. The molecule has 1 aromatic heterocycles. The Balaban J connectivity index is 2.42. The summed E-state index contributed by atoms with van der Waals surface area (Å²) in [5, 5.41) is 0. The van der Waals surface area contributed by atoms with E-state index in [-0.39, 0.29) is 22.9 Å². The molecule has 1 aliphatic rings. The molecule has 0 saturated carbocycles. The fraction of sp³-hybridized carbons (Fsp3) is 0.583. The number of hydrogen-bond donors (Lipinski definition) is 2. The maximum atomic E-state index is 12.8. The molecule has 1 fully saturated rings. The van der Waals surface area contributed by atoms with Crippen molar-refractivity contribution in [2.75, 3.05) is 18.6 Å². The molecule has 112 valence electrons. The molecule has 1 aliphatic heterocycles. The number of morpholine rings is 1. The van der Waals surface area contributed by atoms with Gasteiger partial charge in [-0.1, -0.05) is 6.92 Å². The topological polar surface area (TPSA) is 97.5 Å². The number of hydrazine groups is 1. The Labute approximate surface area is 119 Å². The summed E-state index contributed by atoms with van der Waals surface area (Å²) in [7, 11) is -3.65. The standard InChI is InChI=1S/C12H20N4O3S/c1-3-10-8-19-9(2)7-16(10)20(17,18)11-5-4-6-14-12(11)15-13/h4-6,9-10H,3,7-8,13H2,1-2H3,(H,14,15). The highest BCUT2D eigenvalue weighted by Crippen LogP contribution is 2.27. The van der Waals surface area contributed by atoms with Crippen molar-refractivity contribution in [1.82, 2.24) is 9.29 Å². The van der Waals surface area contributed by atoms with Crippen LogP contribution >= 0.6 is 0 Å². The summed E-state index contributed by atoms with van der Waals surface area (Å²) in [6.45, 7) is 4.54. The van der Waals surface area contributed by atoms with Gasteiger partial charge in [0.1, 0.15) is 4.90 Å². The minimum atomic E-state index is -3.65. The van der Waals surface area contributed by atoms with Gasteiger partial charge in [0.15, 0.2) is 5.82 Å². The van der Waals surface area contributed by atoms with Crippen molar-refractivity contribution in [1.29, 1.82) is 0 Å². The van der Waals surface area contributed by atoms with Crippen LogP contribution in [-0.2, 0) is 14.8 Å². The molecule has 0 radical (unpaired) electrons. The number of rotatable bonds is 4. The van der Waals surface area contributed by atoms with Crippen molar-refractivity contribution in [3.8, 4) is 0 Å². The number of nitrogens with one attached hydrogen (secondary N) is 1. The normalized spacial score (nSPS) is 24.6. The predicted molar refractivity (Wildman–Crippen MR) is 75.4 cm³/mol. The number of nitrogens with two attached hydrogens (primary N) is 1. The monoisotopic (exact) mass is 300 g/mol. The fourth-order valence-electron chi connectivity index (χ4n) is 2.26. The largest absolute Gasteiger partial charge is 0.375 e. The van der Waals surface area contributed by atoms with Crippen LogP contribution in [-0.4, -0.2) is 43.0 Å². The molecule has 2 heterocycles. The number of nitrogens with zero attached hydrogens (tertiary/aromatic N) is 2. The van der Waals surface area contributed by atoms with E-state index in [0.717, 1.165) is 0 Å². The summed E-state index contributed by atoms with van der Waals surface area (Å²) in [5.74, 6) is 5.51. The molecule has 0 aliphatic carbocycles. The first-order chi connectivity index (χ1) is 9.50. The van der Waals surface area contributed by atoms with Crippen molar-refractivity contribution in [3.63, 3.8) is 0 Å². The van der Waals surface area contributed by atoms with E-state index in [0.29, 0.717) is 19.6 Å². The molecule has 7 nitrogen and oxygen atoms in total. The van der Waals surface area contributed by atoms with Crippen molar-refractivity contribution in [3.05, 3.63) is 18.3 Å². The SMILES string of the molecule is CCC1COC(C)CN1S(=O)(=O)c1cccnc1NN. The van der Waals surface area contributed by atoms with Crippen LogP contribution in [0, 0.1) is 0 Å². The Morgan fingerprint density at radius 1 is 1.60 bits per heavy atom. The molecule has 8 heteroatoms. The molecule has 1 saturated heterocycles. The van der Waals surface area contributed by atoms with Gasteiger partial charge in [-0.2, -0.15) is 4.31 Å². The zero-order chi connectivity index (χ0) is 14.8. The number of nitrogen functional groups attached to an aromatic ring is 1. The summed E-state index contributed by atoms with van der Waals surface area (Å²) in [6.07, 6.45) is 2.06. The van der Waals surface area contributed by atoms with Gasteiger partial charge < -0.3 is 10.2 Å². The summed E-state index contributed by atoms with van der Waals surface area (Å²) in [6, 6.07) is 2.92. The Kier molecular flexibility index (Phi) is 4.59. The van der Waals surface area contributed by atoms with E-state index in [1.54, 1.807) is 6.07 Å². The van der Waals surface area contributed by atoms with Gasteiger partial charge in [0.2, 0.25) is 10.0 Å².